The van der Waals surface area contributed by atoms with Crippen LogP contribution in [0, 0.1) is 0 Å². The molecule has 1 aliphatic rings. The Hall–Kier alpha value is -2.71. The van der Waals surface area contributed by atoms with E-state index in [2.05, 4.69) is 22.3 Å². The third kappa shape index (κ3) is 7.98. The third-order valence-electron chi connectivity index (χ3n) is 5.60. The number of carbonyl (C=O) groups is 2. The van der Waals surface area contributed by atoms with Gasteiger partial charge in [-0.3, -0.25) is 14.5 Å². The Balaban J connectivity index is 1.39. The highest BCUT2D eigenvalue weighted by Crippen LogP contribution is 2.31. The lowest BCUT2D eigenvalue weighted by Crippen LogP contribution is -2.40. The lowest BCUT2D eigenvalue weighted by atomic mass is 10.1. The Morgan fingerprint density at radius 1 is 0.970 bits per heavy atom. The number of nitrogens with one attached hydrogen (secondary N) is 1. The molecule has 2 aromatic carbocycles. The summed E-state index contributed by atoms with van der Waals surface area (Å²) in [5.74, 6) is 1.85. The number of hydrogen-bond acceptors (Lipinski definition) is 6. The average molecular weight is 472 g/mol. The molecule has 178 valence electrons. The van der Waals surface area contributed by atoms with Gasteiger partial charge in [-0.2, -0.15) is 0 Å². The van der Waals surface area contributed by atoms with Gasteiger partial charge in [-0.15, -0.1) is 11.8 Å². The molecule has 2 aromatic rings. The van der Waals surface area contributed by atoms with Crippen molar-refractivity contribution in [1.29, 1.82) is 0 Å². The van der Waals surface area contributed by atoms with Gasteiger partial charge in [0.2, 0.25) is 11.8 Å². The highest BCUT2D eigenvalue weighted by Gasteiger charge is 2.20. The molecule has 1 aliphatic heterocycles. The van der Waals surface area contributed by atoms with E-state index >= 15 is 0 Å². The minimum atomic E-state index is 0.0368. The highest BCUT2D eigenvalue weighted by molar-refractivity contribution is 8.00. The van der Waals surface area contributed by atoms with Gasteiger partial charge in [0.1, 0.15) is 0 Å². The van der Waals surface area contributed by atoms with Crippen molar-refractivity contribution >= 4 is 23.6 Å². The van der Waals surface area contributed by atoms with E-state index in [-0.39, 0.29) is 11.8 Å². The van der Waals surface area contributed by atoms with E-state index in [0.717, 1.165) is 30.8 Å². The van der Waals surface area contributed by atoms with Crippen molar-refractivity contribution in [2.24, 2.45) is 0 Å². The number of ether oxygens (including phenoxy) is 2. The maximum Gasteiger partial charge on any atom is 0.234 e. The van der Waals surface area contributed by atoms with Gasteiger partial charge in [-0.1, -0.05) is 30.3 Å². The predicted octanol–water partition coefficient (Wildman–Crippen LogP) is 2.69. The third-order valence-corrected chi connectivity index (χ3v) is 6.58. The molecule has 0 radical (unpaired) electrons. The van der Waals surface area contributed by atoms with Crippen LogP contribution in [0.25, 0.3) is 0 Å². The van der Waals surface area contributed by atoms with Crippen molar-refractivity contribution in [3.8, 4) is 11.5 Å². The molecule has 7 nitrogen and oxygen atoms in total. The first-order valence-corrected chi connectivity index (χ1v) is 12.2. The SMILES string of the molecule is COc1ccc(SCC(=O)N2CCCN(CC(=O)NCCc3ccccc3)CC2)cc1OC. The van der Waals surface area contributed by atoms with Crippen LogP contribution in [0.1, 0.15) is 12.0 Å². The van der Waals surface area contributed by atoms with E-state index < -0.39 is 0 Å². The fraction of sp³-hybridized carbons (Fsp3) is 0.440. The second kappa shape index (κ2) is 13.1. The van der Waals surface area contributed by atoms with Gasteiger partial charge < -0.3 is 19.7 Å². The van der Waals surface area contributed by atoms with Crippen molar-refractivity contribution in [2.75, 3.05) is 59.2 Å². The molecular formula is C25H33N3O4S. The fourth-order valence-electron chi connectivity index (χ4n) is 3.77. The van der Waals surface area contributed by atoms with Gasteiger partial charge >= 0.3 is 0 Å². The topological polar surface area (TPSA) is 71.1 Å². The Kier molecular flexibility index (Phi) is 9.90. The Labute approximate surface area is 200 Å². The van der Waals surface area contributed by atoms with Crippen LogP contribution in [0.3, 0.4) is 0 Å². The molecule has 1 fully saturated rings. The number of amides is 2. The summed E-state index contributed by atoms with van der Waals surface area (Å²) in [7, 11) is 3.20. The zero-order valence-electron chi connectivity index (χ0n) is 19.4. The molecular weight excluding hydrogens is 438 g/mol. The van der Waals surface area contributed by atoms with E-state index in [1.165, 1.54) is 17.3 Å². The van der Waals surface area contributed by atoms with E-state index in [4.69, 9.17) is 9.47 Å². The molecule has 0 bridgehead atoms. The van der Waals surface area contributed by atoms with Gasteiger partial charge in [0.25, 0.3) is 0 Å². The first-order chi connectivity index (χ1) is 16.1. The van der Waals surface area contributed by atoms with Crippen molar-refractivity contribution in [3.63, 3.8) is 0 Å². The molecule has 0 aromatic heterocycles. The number of thioether (sulfide) groups is 1. The van der Waals surface area contributed by atoms with Crippen LogP contribution in [0.15, 0.2) is 53.4 Å². The normalized spacial score (nSPS) is 14.4. The Bertz CT molecular complexity index is 910. The number of benzene rings is 2. The maximum atomic E-state index is 12.8. The molecule has 33 heavy (non-hydrogen) atoms. The summed E-state index contributed by atoms with van der Waals surface area (Å²) in [6, 6.07) is 15.8. The average Bonchev–Trinajstić information content (AvgIpc) is 3.08. The van der Waals surface area contributed by atoms with Crippen LogP contribution in [-0.4, -0.2) is 80.9 Å². The van der Waals surface area contributed by atoms with Crippen molar-refractivity contribution in [3.05, 3.63) is 54.1 Å². The maximum absolute atomic E-state index is 12.8. The Morgan fingerprint density at radius 3 is 2.52 bits per heavy atom. The summed E-state index contributed by atoms with van der Waals surface area (Å²) in [6.07, 6.45) is 1.69. The van der Waals surface area contributed by atoms with Crippen molar-refractivity contribution < 1.29 is 19.1 Å². The Morgan fingerprint density at radius 2 is 1.76 bits per heavy atom. The van der Waals surface area contributed by atoms with E-state index in [0.29, 0.717) is 43.4 Å². The standard InChI is InChI=1S/C25H33N3O4S/c1-31-22-10-9-21(17-23(22)32-2)33-19-25(30)28-14-6-13-27(15-16-28)18-24(29)26-12-11-20-7-4-3-5-8-20/h3-5,7-10,17H,6,11-16,18-19H2,1-2H3,(H,26,29). The van der Waals surface area contributed by atoms with Crippen LogP contribution in [0.5, 0.6) is 11.5 Å². The second-order valence-electron chi connectivity index (χ2n) is 7.90. The number of rotatable bonds is 10. The van der Waals surface area contributed by atoms with Crippen molar-refractivity contribution in [2.45, 2.75) is 17.7 Å². The zero-order chi connectivity index (χ0) is 23.5. The first-order valence-electron chi connectivity index (χ1n) is 11.2. The number of nitrogens with zero attached hydrogens (tertiary/aromatic N) is 2. The molecule has 1 saturated heterocycles. The molecule has 1 heterocycles. The first kappa shape index (κ1) is 24.9. The van der Waals surface area contributed by atoms with Gasteiger partial charge in [0.15, 0.2) is 11.5 Å². The molecule has 0 saturated carbocycles. The molecule has 8 heteroatoms. The van der Waals surface area contributed by atoms with E-state index in [1.54, 1.807) is 14.2 Å². The van der Waals surface area contributed by atoms with E-state index in [1.807, 2.05) is 41.3 Å². The summed E-state index contributed by atoms with van der Waals surface area (Å²) in [5, 5.41) is 3.01. The summed E-state index contributed by atoms with van der Waals surface area (Å²) in [5.41, 5.74) is 1.22. The largest absolute Gasteiger partial charge is 0.493 e. The van der Waals surface area contributed by atoms with Crippen LogP contribution in [0.4, 0.5) is 0 Å². The molecule has 0 aliphatic carbocycles. The highest BCUT2D eigenvalue weighted by atomic mass is 32.2. The molecule has 0 spiro atoms. The van der Waals surface area contributed by atoms with Gasteiger partial charge in [-0.25, -0.2) is 0 Å². The van der Waals surface area contributed by atoms with Crippen LogP contribution < -0.4 is 14.8 Å². The van der Waals surface area contributed by atoms with Gasteiger partial charge in [0, 0.05) is 37.6 Å². The quantitative estimate of drug-likeness (QED) is 0.538. The lowest BCUT2D eigenvalue weighted by Gasteiger charge is -2.21. The summed E-state index contributed by atoms with van der Waals surface area (Å²) >= 11 is 1.49. The number of hydrogen-bond donors (Lipinski definition) is 1. The summed E-state index contributed by atoms with van der Waals surface area (Å²) < 4.78 is 10.6. The monoisotopic (exact) mass is 471 g/mol. The zero-order valence-corrected chi connectivity index (χ0v) is 20.2. The van der Waals surface area contributed by atoms with Crippen LogP contribution >= 0.6 is 11.8 Å². The fourth-order valence-corrected chi connectivity index (χ4v) is 4.60. The molecule has 2 amide bonds. The van der Waals surface area contributed by atoms with E-state index in [9.17, 15) is 9.59 Å². The minimum Gasteiger partial charge on any atom is -0.493 e. The van der Waals surface area contributed by atoms with Crippen molar-refractivity contribution in [1.82, 2.24) is 15.1 Å². The molecule has 0 unspecified atom stereocenters. The second-order valence-corrected chi connectivity index (χ2v) is 8.95. The minimum absolute atomic E-state index is 0.0368. The smallest absolute Gasteiger partial charge is 0.234 e. The number of carbonyl (C=O) groups excluding carboxylic acids is 2. The van der Waals surface area contributed by atoms with Crippen LogP contribution in [0.2, 0.25) is 0 Å². The summed E-state index contributed by atoms with van der Waals surface area (Å²) in [4.78, 5) is 30.1. The summed E-state index contributed by atoms with van der Waals surface area (Å²) in [6.45, 7) is 3.89. The van der Waals surface area contributed by atoms with Crippen LogP contribution in [-0.2, 0) is 16.0 Å². The van der Waals surface area contributed by atoms with Gasteiger partial charge in [-0.05, 0) is 36.6 Å². The molecule has 1 N–H and O–H groups in total. The lowest BCUT2D eigenvalue weighted by molar-refractivity contribution is -0.128. The predicted molar refractivity (Wildman–Crippen MR) is 131 cm³/mol. The molecule has 3 rings (SSSR count). The number of methoxy groups -OCH3 is 2. The van der Waals surface area contributed by atoms with Gasteiger partial charge in [0.05, 0.1) is 26.5 Å². The molecule has 0 atom stereocenters.